The molecule has 5 nitrogen and oxygen atoms in total. The monoisotopic (exact) mass is 304 g/mol. The van der Waals surface area contributed by atoms with Crippen LogP contribution in [-0.2, 0) is 4.79 Å². The van der Waals surface area contributed by atoms with Gasteiger partial charge in [-0.1, -0.05) is 23.9 Å². The number of nitrogens with zero attached hydrogens (tertiary/aromatic N) is 2. The number of carboxylic acid groups (broad SMARTS) is 1. The van der Waals surface area contributed by atoms with Crippen molar-refractivity contribution in [1.82, 2.24) is 9.55 Å². The average molecular weight is 304 g/mol. The van der Waals surface area contributed by atoms with Gasteiger partial charge in [-0.2, -0.15) is 0 Å². The van der Waals surface area contributed by atoms with Crippen LogP contribution >= 0.6 is 11.8 Å². The maximum Gasteiger partial charge on any atom is 0.313 e. The minimum Gasteiger partial charge on any atom is -0.481 e. The Labute approximate surface area is 126 Å². The van der Waals surface area contributed by atoms with Gasteiger partial charge in [0.05, 0.1) is 16.7 Å². The van der Waals surface area contributed by atoms with Crippen LogP contribution in [-0.4, -0.2) is 26.4 Å². The van der Waals surface area contributed by atoms with Gasteiger partial charge in [-0.15, -0.1) is 0 Å². The largest absolute Gasteiger partial charge is 0.481 e. The number of aromatic nitrogens is 2. The summed E-state index contributed by atoms with van der Waals surface area (Å²) in [6, 6.07) is 7.27. The van der Waals surface area contributed by atoms with Crippen LogP contribution in [0.4, 0.5) is 0 Å². The molecule has 1 heterocycles. The number of aliphatic carboxylic acids is 1. The Bertz CT molecular complexity index is 752. The minimum absolute atomic E-state index is 0.0610. The second-order valence-corrected chi connectivity index (χ2v) is 6.29. The highest BCUT2D eigenvalue weighted by atomic mass is 32.2. The Balaban J connectivity index is 2.14. The van der Waals surface area contributed by atoms with Gasteiger partial charge in [-0.25, -0.2) is 4.98 Å². The molecule has 0 spiro atoms. The van der Waals surface area contributed by atoms with Crippen LogP contribution in [0.25, 0.3) is 10.9 Å². The number of thioether (sulfide) groups is 1. The molecule has 2 aromatic rings. The second kappa shape index (κ2) is 5.52. The van der Waals surface area contributed by atoms with Gasteiger partial charge >= 0.3 is 5.97 Å². The molecule has 0 amide bonds. The molecule has 1 aliphatic rings. The molecule has 110 valence electrons. The Hall–Kier alpha value is -1.82. The van der Waals surface area contributed by atoms with E-state index in [1.807, 2.05) is 19.1 Å². The van der Waals surface area contributed by atoms with Crippen molar-refractivity contribution < 1.29 is 9.90 Å². The van der Waals surface area contributed by atoms with E-state index in [0.29, 0.717) is 22.0 Å². The lowest BCUT2D eigenvalue weighted by Crippen LogP contribution is -2.27. The molecule has 6 heteroatoms. The molecule has 21 heavy (non-hydrogen) atoms. The number of hydrogen-bond donors (Lipinski definition) is 1. The van der Waals surface area contributed by atoms with Crippen LogP contribution < -0.4 is 5.56 Å². The number of para-hydroxylation sites is 1. The second-order valence-electron chi connectivity index (χ2n) is 5.35. The molecule has 3 rings (SSSR count). The highest BCUT2D eigenvalue weighted by Crippen LogP contribution is 2.40. The number of carboxylic acids is 1. The lowest BCUT2D eigenvalue weighted by Gasteiger charge is -2.18. The molecule has 1 aliphatic carbocycles. The minimum atomic E-state index is -0.909. The molecule has 1 unspecified atom stereocenters. The third-order valence-corrected chi connectivity index (χ3v) is 4.75. The molecule has 1 atom stereocenters. The number of fused-ring (bicyclic) bond motifs is 1. The lowest BCUT2D eigenvalue weighted by molar-refractivity contribution is -0.133. The highest BCUT2D eigenvalue weighted by Gasteiger charge is 2.31. The molecule has 1 fully saturated rings. The Morgan fingerprint density at radius 3 is 2.86 bits per heavy atom. The topological polar surface area (TPSA) is 72.2 Å². The van der Waals surface area contributed by atoms with Crippen LogP contribution in [0.5, 0.6) is 0 Å². The molecule has 1 N–H and O–H groups in total. The fourth-order valence-electron chi connectivity index (χ4n) is 2.50. The SMILES string of the molecule is CC(C1CC1)n1c(SCC(=O)O)nc2ccccc2c1=O. The Morgan fingerprint density at radius 1 is 1.48 bits per heavy atom. The maximum absolute atomic E-state index is 12.7. The zero-order chi connectivity index (χ0) is 15.0. The number of benzene rings is 1. The maximum atomic E-state index is 12.7. The van der Waals surface area contributed by atoms with E-state index in [-0.39, 0.29) is 17.4 Å². The average Bonchev–Trinajstić information content (AvgIpc) is 3.29. The van der Waals surface area contributed by atoms with Crippen molar-refractivity contribution in [3.63, 3.8) is 0 Å². The number of carbonyl (C=O) groups is 1. The van der Waals surface area contributed by atoms with Gasteiger partial charge in [0, 0.05) is 6.04 Å². The van der Waals surface area contributed by atoms with E-state index in [9.17, 15) is 9.59 Å². The quantitative estimate of drug-likeness (QED) is 0.679. The van der Waals surface area contributed by atoms with Crippen molar-refractivity contribution in [3.8, 4) is 0 Å². The third-order valence-electron chi connectivity index (χ3n) is 3.81. The molecule has 1 saturated carbocycles. The van der Waals surface area contributed by atoms with Crippen LogP contribution in [0.15, 0.2) is 34.2 Å². The van der Waals surface area contributed by atoms with Gasteiger partial charge in [-0.3, -0.25) is 14.2 Å². The molecule has 0 saturated heterocycles. The van der Waals surface area contributed by atoms with Gasteiger partial charge in [0.1, 0.15) is 0 Å². The Kier molecular flexibility index (Phi) is 3.71. The zero-order valence-electron chi connectivity index (χ0n) is 11.7. The summed E-state index contributed by atoms with van der Waals surface area (Å²) < 4.78 is 1.67. The molecular formula is C15H16N2O3S. The Morgan fingerprint density at radius 2 is 2.19 bits per heavy atom. The van der Waals surface area contributed by atoms with Gasteiger partial charge in [0.25, 0.3) is 5.56 Å². The van der Waals surface area contributed by atoms with E-state index in [0.717, 1.165) is 24.6 Å². The summed E-state index contributed by atoms with van der Waals surface area (Å²) in [6.07, 6.45) is 2.23. The summed E-state index contributed by atoms with van der Waals surface area (Å²) in [5.74, 6) is -0.509. The first-order chi connectivity index (χ1) is 10.1. The van der Waals surface area contributed by atoms with E-state index >= 15 is 0 Å². The van der Waals surface area contributed by atoms with Crippen LogP contribution in [0.1, 0.15) is 25.8 Å². The van der Waals surface area contributed by atoms with E-state index < -0.39 is 5.97 Å². The normalized spacial score (nSPS) is 16.0. The van der Waals surface area contributed by atoms with Crippen molar-refractivity contribution in [2.24, 2.45) is 5.92 Å². The van der Waals surface area contributed by atoms with Gasteiger partial charge in [0.15, 0.2) is 5.16 Å². The molecule has 0 aliphatic heterocycles. The van der Waals surface area contributed by atoms with Crippen LogP contribution in [0.2, 0.25) is 0 Å². The van der Waals surface area contributed by atoms with Crippen LogP contribution in [0.3, 0.4) is 0 Å². The number of hydrogen-bond acceptors (Lipinski definition) is 4. The van der Waals surface area contributed by atoms with Gasteiger partial charge in [0.2, 0.25) is 0 Å². The molecule has 1 aromatic carbocycles. The fourth-order valence-corrected chi connectivity index (χ4v) is 3.31. The van der Waals surface area contributed by atoms with E-state index in [1.165, 1.54) is 0 Å². The van der Waals surface area contributed by atoms with E-state index in [1.54, 1.807) is 16.7 Å². The first-order valence-corrected chi connectivity index (χ1v) is 7.92. The van der Waals surface area contributed by atoms with Crippen molar-refractivity contribution in [1.29, 1.82) is 0 Å². The van der Waals surface area contributed by atoms with Crippen molar-refractivity contribution in [2.75, 3.05) is 5.75 Å². The first kappa shape index (κ1) is 14.1. The fraction of sp³-hybridized carbons (Fsp3) is 0.400. The summed E-state index contributed by atoms with van der Waals surface area (Å²) in [5.41, 5.74) is 0.544. The van der Waals surface area contributed by atoms with E-state index in [4.69, 9.17) is 5.11 Å². The summed E-state index contributed by atoms with van der Waals surface area (Å²) in [5, 5.41) is 9.96. The highest BCUT2D eigenvalue weighted by molar-refractivity contribution is 7.99. The summed E-state index contributed by atoms with van der Waals surface area (Å²) in [6.45, 7) is 2.01. The van der Waals surface area contributed by atoms with Gasteiger partial charge < -0.3 is 5.11 Å². The zero-order valence-corrected chi connectivity index (χ0v) is 12.5. The van der Waals surface area contributed by atoms with Gasteiger partial charge in [-0.05, 0) is 37.8 Å². The number of rotatable bonds is 5. The molecular weight excluding hydrogens is 288 g/mol. The van der Waals surface area contributed by atoms with E-state index in [2.05, 4.69) is 4.98 Å². The summed E-state index contributed by atoms with van der Waals surface area (Å²) in [7, 11) is 0. The van der Waals surface area contributed by atoms with Crippen molar-refractivity contribution in [3.05, 3.63) is 34.6 Å². The molecule has 0 bridgehead atoms. The smallest absolute Gasteiger partial charge is 0.313 e. The molecule has 1 aromatic heterocycles. The first-order valence-electron chi connectivity index (χ1n) is 6.94. The predicted molar refractivity (Wildman–Crippen MR) is 81.8 cm³/mol. The lowest BCUT2D eigenvalue weighted by atomic mass is 10.2. The summed E-state index contributed by atoms with van der Waals surface area (Å²) in [4.78, 5) is 28.0. The molecule has 0 radical (unpaired) electrons. The van der Waals surface area contributed by atoms with Crippen molar-refractivity contribution >= 4 is 28.6 Å². The third kappa shape index (κ3) is 2.81. The van der Waals surface area contributed by atoms with Crippen LogP contribution in [0, 0.1) is 5.92 Å². The van der Waals surface area contributed by atoms with Crippen molar-refractivity contribution in [2.45, 2.75) is 31.0 Å². The standard InChI is InChI=1S/C15H16N2O3S/c1-9(10-6-7-10)17-14(20)11-4-2-3-5-12(11)16-15(17)21-8-13(18)19/h2-5,9-10H,6-8H2,1H3,(H,18,19). The predicted octanol–water partition coefficient (Wildman–Crippen LogP) is 2.54. The summed E-state index contributed by atoms with van der Waals surface area (Å²) >= 11 is 1.11.